The van der Waals surface area contributed by atoms with Gasteiger partial charge in [0.25, 0.3) is 0 Å². The Bertz CT molecular complexity index is 755. The van der Waals surface area contributed by atoms with E-state index >= 15 is 0 Å². The molecular formula is C20H27N5O3. The highest BCUT2D eigenvalue weighted by molar-refractivity contribution is 5.89. The van der Waals surface area contributed by atoms with E-state index in [0.29, 0.717) is 12.5 Å². The minimum atomic E-state index is -0.199. The second-order valence-electron chi connectivity index (χ2n) is 7.18. The van der Waals surface area contributed by atoms with E-state index in [9.17, 15) is 4.79 Å². The number of hydrogen-bond donors (Lipinski definition) is 2. The van der Waals surface area contributed by atoms with Gasteiger partial charge in [0.2, 0.25) is 0 Å². The molecule has 2 fully saturated rings. The van der Waals surface area contributed by atoms with Crippen molar-refractivity contribution in [1.82, 2.24) is 20.0 Å². The van der Waals surface area contributed by atoms with Gasteiger partial charge in [-0.05, 0) is 30.7 Å². The van der Waals surface area contributed by atoms with E-state index < -0.39 is 0 Å². The molecule has 0 radical (unpaired) electrons. The van der Waals surface area contributed by atoms with Crippen molar-refractivity contribution in [2.75, 3.05) is 51.4 Å². The highest BCUT2D eigenvalue weighted by atomic mass is 16.5. The van der Waals surface area contributed by atoms with Gasteiger partial charge in [-0.2, -0.15) is 5.10 Å². The molecule has 0 bridgehead atoms. The Labute approximate surface area is 164 Å². The second kappa shape index (κ2) is 9.18. The lowest BCUT2D eigenvalue weighted by molar-refractivity contribution is 0.00222. The third kappa shape index (κ3) is 4.70. The van der Waals surface area contributed by atoms with Crippen LogP contribution in [0, 0.1) is 5.92 Å². The lowest BCUT2D eigenvalue weighted by atomic mass is 9.97. The quantitative estimate of drug-likeness (QED) is 0.792. The SMILES string of the molecule is O=C(NC[C@@H]([C@H]1CCOC1)N1CCOCC1)Nc1cccc(-n2cccn2)c1. The summed E-state index contributed by atoms with van der Waals surface area (Å²) in [5, 5.41) is 10.2. The molecule has 1 aromatic heterocycles. The molecule has 8 heteroatoms. The third-order valence-electron chi connectivity index (χ3n) is 5.37. The average molecular weight is 385 g/mol. The summed E-state index contributed by atoms with van der Waals surface area (Å²) in [6, 6.07) is 9.56. The van der Waals surface area contributed by atoms with Crippen molar-refractivity contribution in [3.05, 3.63) is 42.7 Å². The third-order valence-corrected chi connectivity index (χ3v) is 5.37. The normalized spacial score (nSPS) is 21.4. The van der Waals surface area contributed by atoms with Gasteiger partial charge in [-0.1, -0.05) is 6.07 Å². The molecular weight excluding hydrogens is 358 g/mol. The van der Waals surface area contributed by atoms with Crippen LogP contribution in [0.1, 0.15) is 6.42 Å². The van der Waals surface area contributed by atoms with Crippen molar-refractivity contribution in [1.29, 1.82) is 0 Å². The Hall–Kier alpha value is -2.42. The van der Waals surface area contributed by atoms with Gasteiger partial charge in [-0.15, -0.1) is 0 Å². The van der Waals surface area contributed by atoms with Crippen molar-refractivity contribution in [3.63, 3.8) is 0 Å². The van der Waals surface area contributed by atoms with Crippen LogP contribution < -0.4 is 10.6 Å². The fourth-order valence-corrected chi connectivity index (χ4v) is 3.88. The molecule has 2 atom stereocenters. The first kappa shape index (κ1) is 18.9. The van der Waals surface area contributed by atoms with Crippen LogP contribution in [0.25, 0.3) is 5.69 Å². The minimum Gasteiger partial charge on any atom is -0.381 e. The summed E-state index contributed by atoms with van der Waals surface area (Å²) in [5.74, 6) is 0.446. The molecule has 2 aliphatic rings. The summed E-state index contributed by atoms with van der Waals surface area (Å²) < 4.78 is 12.8. The van der Waals surface area contributed by atoms with Gasteiger partial charge in [-0.3, -0.25) is 4.90 Å². The zero-order valence-corrected chi connectivity index (χ0v) is 15.9. The number of amides is 2. The summed E-state index contributed by atoms with van der Waals surface area (Å²) in [7, 11) is 0. The fraction of sp³-hybridized carbons (Fsp3) is 0.500. The number of anilines is 1. The Morgan fingerprint density at radius 2 is 2.11 bits per heavy atom. The van der Waals surface area contributed by atoms with Crippen LogP contribution in [0.5, 0.6) is 0 Å². The summed E-state index contributed by atoms with van der Waals surface area (Å²) in [4.78, 5) is 14.9. The van der Waals surface area contributed by atoms with Crippen molar-refractivity contribution in [3.8, 4) is 5.69 Å². The molecule has 2 amide bonds. The molecule has 0 saturated carbocycles. The highest BCUT2D eigenvalue weighted by Gasteiger charge is 2.31. The summed E-state index contributed by atoms with van der Waals surface area (Å²) in [6.45, 7) is 5.45. The van der Waals surface area contributed by atoms with Gasteiger partial charge in [0, 0.05) is 56.3 Å². The second-order valence-corrected chi connectivity index (χ2v) is 7.18. The summed E-state index contributed by atoms with van der Waals surface area (Å²) >= 11 is 0. The van der Waals surface area contributed by atoms with Crippen LogP contribution in [-0.4, -0.2) is 72.8 Å². The number of aromatic nitrogens is 2. The zero-order chi connectivity index (χ0) is 19.2. The number of carbonyl (C=O) groups excluding carboxylic acids is 1. The summed E-state index contributed by atoms with van der Waals surface area (Å²) in [6.07, 6.45) is 4.64. The number of morpholine rings is 1. The van der Waals surface area contributed by atoms with Gasteiger partial charge in [0.15, 0.2) is 0 Å². The van der Waals surface area contributed by atoms with E-state index in [1.165, 1.54) is 0 Å². The number of nitrogens with zero attached hydrogens (tertiary/aromatic N) is 3. The lowest BCUT2D eigenvalue weighted by Crippen LogP contribution is -2.52. The first-order chi connectivity index (χ1) is 13.8. The molecule has 2 saturated heterocycles. The molecule has 4 rings (SSSR count). The largest absolute Gasteiger partial charge is 0.381 e. The molecule has 2 N–H and O–H groups in total. The molecule has 0 unspecified atom stereocenters. The number of benzene rings is 1. The van der Waals surface area contributed by atoms with E-state index in [4.69, 9.17) is 9.47 Å². The average Bonchev–Trinajstić information content (AvgIpc) is 3.44. The Kier molecular flexibility index (Phi) is 6.20. The van der Waals surface area contributed by atoms with Crippen LogP contribution in [0.3, 0.4) is 0 Å². The van der Waals surface area contributed by atoms with Crippen LogP contribution in [0.2, 0.25) is 0 Å². The number of nitrogens with one attached hydrogen (secondary N) is 2. The van der Waals surface area contributed by atoms with Crippen molar-refractivity contribution < 1.29 is 14.3 Å². The van der Waals surface area contributed by atoms with Crippen LogP contribution in [0.4, 0.5) is 10.5 Å². The molecule has 2 aromatic rings. The van der Waals surface area contributed by atoms with Crippen molar-refractivity contribution in [2.45, 2.75) is 12.5 Å². The predicted octanol–water partition coefficient (Wildman–Crippen LogP) is 1.73. The zero-order valence-electron chi connectivity index (χ0n) is 15.9. The monoisotopic (exact) mass is 385 g/mol. The van der Waals surface area contributed by atoms with Gasteiger partial charge in [-0.25, -0.2) is 9.48 Å². The van der Waals surface area contributed by atoms with Gasteiger partial charge in [0.1, 0.15) is 0 Å². The van der Waals surface area contributed by atoms with Crippen molar-refractivity contribution in [2.24, 2.45) is 5.92 Å². The van der Waals surface area contributed by atoms with E-state index in [1.54, 1.807) is 10.9 Å². The minimum absolute atomic E-state index is 0.199. The molecule has 150 valence electrons. The van der Waals surface area contributed by atoms with Crippen molar-refractivity contribution >= 4 is 11.7 Å². The van der Waals surface area contributed by atoms with Crippen LogP contribution in [0.15, 0.2) is 42.7 Å². The molecule has 2 aliphatic heterocycles. The van der Waals surface area contributed by atoms with E-state index in [-0.39, 0.29) is 12.1 Å². The molecule has 3 heterocycles. The Balaban J connectivity index is 1.35. The maximum absolute atomic E-state index is 12.5. The first-order valence-corrected chi connectivity index (χ1v) is 9.84. The van der Waals surface area contributed by atoms with Crippen LogP contribution in [-0.2, 0) is 9.47 Å². The fourth-order valence-electron chi connectivity index (χ4n) is 3.88. The Morgan fingerprint density at radius 1 is 1.21 bits per heavy atom. The molecule has 0 spiro atoms. The number of urea groups is 1. The molecule has 1 aromatic carbocycles. The van der Waals surface area contributed by atoms with Crippen LogP contribution >= 0.6 is 0 Å². The number of hydrogen-bond acceptors (Lipinski definition) is 5. The first-order valence-electron chi connectivity index (χ1n) is 9.84. The number of ether oxygens (including phenoxy) is 2. The Morgan fingerprint density at radius 3 is 2.86 bits per heavy atom. The predicted molar refractivity (Wildman–Crippen MR) is 106 cm³/mol. The van der Waals surface area contributed by atoms with E-state index in [2.05, 4.69) is 20.6 Å². The molecule has 28 heavy (non-hydrogen) atoms. The van der Waals surface area contributed by atoms with Gasteiger partial charge < -0.3 is 20.1 Å². The molecule has 8 nitrogen and oxygen atoms in total. The maximum atomic E-state index is 12.5. The lowest BCUT2D eigenvalue weighted by Gasteiger charge is -2.37. The number of rotatable bonds is 6. The maximum Gasteiger partial charge on any atom is 0.319 e. The van der Waals surface area contributed by atoms with Gasteiger partial charge >= 0.3 is 6.03 Å². The van der Waals surface area contributed by atoms with E-state index in [0.717, 1.165) is 57.3 Å². The topological polar surface area (TPSA) is 80.6 Å². The number of carbonyl (C=O) groups is 1. The van der Waals surface area contributed by atoms with E-state index in [1.807, 2.05) is 36.5 Å². The smallest absolute Gasteiger partial charge is 0.319 e. The standard InChI is InChI=1S/C20H27N5O3/c26-20(23-17-3-1-4-18(13-17)25-7-2-6-22-25)21-14-19(16-5-10-28-15-16)24-8-11-27-12-9-24/h1-4,6-7,13,16,19H,5,8-12,14-15H2,(H2,21,23,26)/t16-,19-/m0/s1. The highest BCUT2D eigenvalue weighted by Crippen LogP contribution is 2.22. The molecule has 0 aliphatic carbocycles. The summed E-state index contributed by atoms with van der Waals surface area (Å²) in [5.41, 5.74) is 1.63. The van der Waals surface area contributed by atoms with Gasteiger partial charge in [0.05, 0.1) is 25.5 Å².